The highest BCUT2D eigenvalue weighted by molar-refractivity contribution is 6.03. The zero-order valence-electron chi connectivity index (χ0n) is 18.9. The Morgan fingerprint density at radius 3 is 2.29 bits per heavy atom. The summed E-state index contributed by atoms with van der Waals surface area (Å²) < 4.78 is 6.59. The van der Waals surface area contributed by atoms with Crippen LogP contribution in [0.2, 0.25) is 0 Å². The molecular formula is C22H20N6O7. The van der Waals surface area contributed by atoms with Crippen LogP contribution in [0.15, 0.2) is 53.6 Å². The Balaban J connectivity index is 1.76. The molecule has 0 unspecified atom stereocenters. The maximum atomic E-state index is 12.6. The number of nitro benzene ring substituents is 1. The van der Waals surface area contributed by atoms with Crippen LogP contribution in [0.5, 0.6) is 5.75 Å². The van der Waals surface area contributed by atoms with Crippen LogP contribution in [0.3, 0.4) is 0 Å². The number of para-hydroxylation sites is 2. The Labute approximate surface area is 198 Å². The van der Waals surface area contributed by atoms with E-state index >= 15 is 0 Å². The molecule has 1 heterocycles. The molecule has 13 nitrogen and oxygen atoms in total. The minimum absolute atomic E-state index is 0.0836. The number of nitrogens with zero attached hydrogens (tertiary/aromatic N) is 5. The van der Waals surface area contributed by atoms with Crippen LogP contribution in [-0.2, 0) is 11.3 Å². The Bertz CT molecular complexity index is 1360. The van der Waals surface area contributed by atoms with Gasteiger partial charge < -0.3 is 4.74 Å². The number of hydrogen-bond acceptors (Lipinski definition) is 9. The standard InChI is InChI=1S/C22H20N6O7/c1-13(23-24-20(29)12-26-15(3)21(28(33)34)14(2)25-26)16-8-5-7-11-19(16)35-22(30)17-9-4-6-10-18(17)27(31)32/h4-11H,12H2,1-3H3,(H,24,29)/b23-13+. The third-order valence-corrected chi connectivity index (χ3v) is 4.97. The predicted octanol–water partition coefficient (Wildman–Crippen LogP) is 3.08. The number of rotatable bonds is 8. The number of nitro groups is 2. The first-order valence-electron chi connectivity index (χ1n) is 10.2. The van der Waals surface area contributed by atoms with E-state index in [4.69, 9.17) is 4.74 Å². The third kappa shape index (κ3) is 5.52. The lowest BCUT2D eigenvalue weighted by Gasteiger charge is -2.10. The SMILES string of the molecule is C/C(=N\NC(=O)Cn1nc(C)c([N+](=O)[O-])c1C)c1ccccc1OC(=O)c1ccccc1[N+](=O)[O-]. The molecule has 0 radical (unpaired) electrons. The van der Waals surface area contributed by atoms with E-state index in [0.717, 1.165) is 0 Å². The zero-order chi connectivity index (χ0) is 25.7. The second-order valence-electron chi connectivity index (χ2n) is 7.33. The topological polar surface area (TPSA) is 172 Å². The van der Waals surface area contributed by atoms with Gasteiger partial charge in [0, 0.05) is 11.6 Å². The van der Waals surface area contributed by atoms with Gasteiger partial charge >= 0.3 is 11.7 Å². The van der Waals surface area contributed by atoms with Crippen molar-refractivity contribution in [2.24, 2.45) is 5.10 Å². The molecule has 3 aromatic rings. The lowest BCUT2D eigenvalue weighted by molar-refractivity contribution is -0.386. The van der Waals surface area contributed by atoms with Gasteiger partial charge in [-0.2, -0.15) is 10.2 Å². The number of esters is 1. The first kappa shape index (κ1) is 24.7. The summed E-state index contributed by atoms with van der Waals surface area (Å²) in [5.74, 6) is -1.42. The minimum Gasteiger partial charge on any atom is -0.422 e. The molecule has 1 aromatic heterocycles. The van der Waals surface area contributed by atoms with Gasteiger partial charge in [-0.1, -0.05) is 24.3 Å². The van der Waals surface area contributed by atoms with Crippen molar-refractivity contribution in [3.05, 3.63) is 91.3 Å². The van der Waals surface area contributed by atoms with E-state index < -0.39 is 27.4 Å². The predicted molar refractivity (Wildman–Crippen MR) is 123 cm³/mol. The molecule has 2 aromatic carbocycles. The van der Waals surface area contributed by atoms with Gasteiger partial charge in [-0.05, 0) is 39.0 Å². The molecule has 1 amide bonds. The Kier molecular flexibility index (Phi) is 7.29. The second-order valence-corrected chi connectivity index (χ2v) is 7.33. The lowest BCUT2D eigenvalue weighted by atomic mass is 10.1. The number of hydrogen-bond donors (Lipinski definition) is 1. The van der Waals surface area contributed by atoms with E-state index in [1.165, 1.54) is 48.9 Å². The molecule has 0 bridgehead atoms. The average Bonchev–Trinajstić information content (AvgIpc) is 3.10. The van der Waals surface area contributed by atoms with Crippen molar-refractivity contribution in [1.29, 1.82) is 0 Å². The second kappa shape index (κ2) is 10.3. The number of carbonyl (C=O) groups excluding carboxylic acids is 2. The fourth-order valence-electron chi connectivity index (χ4n) is 3.30. The molecule has 35 heavy (non-hydrogen) atoms. The number of amides is 1. The van der Waals surface area contributed by atoms with Crippen molar-refractivity contribution in [3.8, 4) is 5.75 Å². The monoisotopic (exact) mass is 480 g/mol. The number of benzene rings is 2. The number of nitrogens with one attached hydrogen (secondary N) is 1. The van der Waals surface area contributed by atoms with Gasteiger partial charge in [0.05, 0.1) is 15.6 Å². The average molecular weight is 480 g/mol. The molecule has 1 N–H and O–H groups in total. The third-order valence-electron chi connectivity index (χ3n) is 4.97. The van der Waals surface area contributed by atoms with Crippen molar-refractivity contribution >= 4 is 29.0 Å². The van der Waals surface area contributed by atoms with Gasteiger partial charge in [0.25, 0.3) is 11.6 Å². The number of aromatic nitrogens is 2. The van der Waals surface area contributed by atoms with E-state index in [2.05, 4.69) is 15.6 Å². The van der Waals surface area contributed by atoms with Crippen LogP contribution < -0.4 is 10.2 Å². The van der Waals surface area contributed by atoms with Crippen molar-refractivity contribution < 1.29 is 24.2 Å². The summed E-state index contributed by atoms with van der Waals surface area (Å²) in [5, 5.41) is 30.4. The molecule has 0 saturated carbocycles. The van der Waals surface area contributed by atoms with E-state index in [0.29, 0.717) is 5.56 Å². The van der Waals surface area contributed by atoms with Crippen LogP contribution in [-0.4, -0.2) is 37.2 Å². The van der Waals surface area contributed by atoms with Crippen LogP contribution in [0, 0.1) is 34.1 Å². The van der Waals surface area contributed by atoms with Crippen molar-refractivity contribution in [2.45, 2.75) is 27.3 Å². The Morgan fingerprint density at radius 1 is 1.03 bits per heavy atom. The number of carbonyl (C=O) groups is 2. The molecule has 0 spiro atoms. The summed E-state index contributed by atoms with van der Waals surface area (Å²) in [6.07, 6.45) is 0. The van der Waals surface area contributed by atoms with E-state index in [-0.39, 0.29) is 40.6 Å². The maximum Gasteiger partial charge on any atom is 0.350 e. The van der Waals surface area contributed by atoms with Gasteiger partial charge in [0.15, 0.2) is 0 Å². The van der Waals surface area contributed by atoms with E-state index in [1.807, 2.05) is 0 Å². The first-order valence-corrected chi connectivity index (χ1v) is 10.2. The smallest absolute Gasteiger partial charge is 0.350 e. The van der Waals surface area contributed by atoms with Crippen LogP contribution >= 0.6 is 0 Å². The molecule has 0 aliphatic heterocycles. The molecule has 0 atom stereocenters. The van der Waals surface area contributed by atoms with Gasteiger partial charge in [-0.25, -0.2) is 10.2 Å². The van der Waals surface area contributed by atoms with Crippen molar-refractivity contribution in [2.75, 3.05) is 0 Å². The summed E-state index contributed by atoms with van der Waals surface area (Å²) in [6, 6.07) is 11.7. The number of aryl methyl sites for hydroxylation is 1. The van der Waals surface area contributed by atoms with Gasteiger partial charge in [0.1, 0.15) is 29.2 Å². The molecule has 0 aliphatic rings. The molecule has 0 saturated heterocycles. The van der Waals surface area contributed by atoms with Crippen LogP contribution in [0.4, 0.5) is 11.4 Å². The summed E-state index contributed by atoms with van der Waals surface area (Å²) in [6.45, 7) is 4.23. The minimum atomic E-state index is -0.923. The van der Waals surface area contributed by atoms with Gasteiger partial charge in [-0.3, -0.25) is 29.7 Å². The molecule has 13 heteroatoms. The fraction of sp³-hybridized carbons (Fsp3) is 0.182. The maximum absolute atomic E-state index is 12.6. The largest absolute Gasteiger partial charge is 0.422 e. The van der Waals surface area contributed by atoms with Crippen molar-refractivity contribution in [3.63, 3.8) is 0 Å². The Hall–Kier alpha value is -4.94. The first-order chi connectivity index (χ1) is 16.6. The van der Waals surface area contributed by atoms with E-state index in [9.17, 15) is 29.8 Å². The quantitative estimate of drug-likeness (QED) is 0.168. The van der Waals surface area contributed by atoms with Crippen molar-refractivity contribution in [1.82, 2.24) is 15.2 Å². The molecule has 0 aliphatic carbocycles. The van der Waals surface area contributed by atoms with Crippen LogP contribution in [0.1, 0.15) is 34.2 Å². The highest BCUT2D eigenvalue weighted by Gasteiger charge is 2.24. The molecule has 180 valence electrons. The normalized spacial score (nSPS) is 11.1. The Morgan fingerprint density at radius 2 is 1.66 bits per heavy atom. The number of hydrazone groups is 1. The summed E-state index contributed by atoms with van der Waals surface area (Å²) in [5.41, 5.74) is 2.64. The molecule has 3 rings (SSSR count). The zero-order valence-corrected chi connectivity index (χ0v) is 18.9. The summed E-state index contributed by atoms with van der Waals surface area (Å²) in [7, 11) is 0. The van der Waals surface area contributed by atoms with Gasteiger partial charge in [-0.15, -0.1) is 0 Å². The molecule has 0 fully saturated rings. The molecular weight excluding hydrogens is 460 g/mol. The fourth-order valence-corrected chi connectivity index (χ4v) is 3.30. The highest BCUT2D eigenvalue weighted by Crippen LogP contribution is 2.24. The summed E-state index contributed by atoms with van der Waals surface area (Å²) in [4.78, 5) is 46.0. The van der Waals surface area contributed by atoms with E-state index in [1.54, 1.807) is 25.1 Å². The lowest BCUT2D eigenvalue weighted by Crippen LogP contribution is -2.25. The van der Waals surface area contributed by atoms with Crippen LogP contribution in [0.25, 0.3) is 0 Å². The highest BCUT2D eigenvalue weighted by atomic mass is 16.6. The van der Waals surface area contributed by atoms with Gasteiger partial charge in [0.2, 0.25) is 0 Å². The summed E-state index contributed by atoms with van der Waals surface area (Å²) >= 11 is 0. The number of ether oxygens (including phenoxy) is 1.